The summed E-state index contributed by atoms with van der Waals surface area (Å²) >= 11 is 0. The van der Waals surface area contributed by atoms with Gasteiger partial charge in [0.1, 0.15) is 23.2 Å². The second-order valence-corrected chi connectivity index (χ2v) is 8.38. The Morgan fingerprint density at radius 3 is 2.55 bits per heavy atom. The quantitative estimate of drug-likeness (QED) is 0.554. The van der Waals surface area contributed by atoms with Gasteiger partial charge in [0, 0.05) is 37.0 Å². The Labute approximate surface area is 191 Å². The zero-order chi connectivity index (χ0) is 23.8. The van der Waals surface area contributed by atoms with E-state index in [9.17, 15) is 14.0 Å². The molecule has 2 aromatic carbocycles. The van der Waals surface area contributed by atoms with E-state index >= 15 is 0 Å². The minimum atomic E-state index is -0.701. The first kappa shape index (κ1) is 22.5. The van der Waals surface area contributed by atoms with Crippen LogP contribution in [0.5, 0.6) is 0 Å². The highest BCUT2D eigenvalue weighted by atomic mass is 19.1. The molecule has 4 N–H and O–H groups in total. The van der Waals surface area contributed by atoms with Crippen molar-refractivity contribution < 1.29 is 14.0 Å². The molecule has 2 heterocycles. The molecule has 0 fully saturated rings. The topological polar surface area (TPSA) is 105 Å². The lowest BCUT2D eigenvalue weighted by Gasteiger charge is -2.42. The van der Waals surface area contributed by atoms with Gasteiger partial charge in [0.2, 0.25) is 5.91 Å². The van der Waals surface area contributed by atoms with Crippen molar-refractivity contribution in [2.24, 2.45) is 5.73 Å². The van der Waals surface area contributed by atoms with Gasteiger partial charge >= 0.3 is 0 Å². The summed E-state index contributed by atoms with van der Waals surface area (Å²) in [4.78, 5) is 31.2. The standard InChI is InChI=1S/C24H27FN6O2/c1-24(2)23-29-20(15-7-9-17(25)10-8-15)21(30(23)11-12-31(24)19(32)14-26)28-18-6-4-5-16(13-18)22(33)27-3/h4-10,13,28H,11-12,14,26H2,1-3H3,(H,27,33). The van der Waals surface area contributed by atoms with Crippen LogP contribution in [0.4, 0.5) is 15.9 Å². The van der Waals surface area contributed by atoms with Gasteiger partial charge in [-0.05, 0) is 56.3 Å². The van der Waals surface area contributed by atoms with Gasteiger partial charge in [-0.2, -0.15) is 0 Å². The summed E-state index contributed by atoms with van der Waals surface area (Å²) in [5.74, 6) is 0.726. The maximum atomic E-state index is 13.6. The fraction of sp³-hybridized carbons (Fsp3) is 0.292. The van der Waals surface area contributed by atoms with Crippen LogP contribution >= 0.6 is 0 Å². The summed E-state index contributed by atoms with van der Waals surface area (Å²) in [6.07, 6.45) is 0. The highest BCUT2D eigenvalue weighted by Gasteiger charge is 2.41. The first-order valence-corrected chi connectivity index (χ1v) is 10.7. The van der Waals surface area contributed by atoms with E-state index in [2.05, 4.69) is 10.6 Å². The van der Waals surface area contributed by atoms with Crippen molar-refractivity contribution in [3.8, 4) is 11.3 Å². The third-order valence-corrected chi connectivity index (χ3v) is 5.94. The van der Waals surface area contributed by atoms with Crippen LogP contribution in [0.25, 0.3) is 11.3 Å². The Morgan fingerprint density at radius 2 is 1.88 bits per heavy atom. The number of rotatable bonds is 5. The second kappa shape index (κ2) is 8.67. The van der Waals surface area contributed by atoms with Gasteiger partial charge in [0.15, 0.2) is 0 Å². The summed E-state index contributed by atoms with van der Waals surface area (Å²) in [5.41, 5.74) is 7.53. The van der Waals surface area contributed by atoms with Gasteiger partial charge in [-0.1, -0.05) is 6.07 Å². The Hall–Kier alpha value is -3.72. The molecule has 2 amide bonds. The van der Waals surface area contributed by atoms with E-state index in [4.69, 9.17) is 10.7 Å². The van der Waals surface area contributed by atoms with Gasteiger partial charge < -0.3 is 25.8 Å². The number of anilines is 2. The molecular weight excluding hydrogens is 423 g/mol. The molecule has 172 valence electrons. The van der Waals surface area contributed by atoms with E-state index in [1.165, 1.54) is 12.1 Å². The maximum absolute atomic E-state index is 13.6. The lowest BCUT2D eigenvalue weighted by atomic mass is 9.99. The van der Waals surface area contributed by atoms with E-state index in [1.54, 1.807) is 42.3 Å². The van der Waals surface area contributed by atoms with Gasteiger partial charge in [-0.15, -0.1) is 0 Å². The van der Waals surface area contributed by atoms with E-state index in [0.29, 0.717) is 41.7 Å². The van der Waals surface area contributed by atoms with E-state index in [0.717, 1.165) is 5.56 Å². The van der Waals surface area contributed by atoms with Crippen molar-refractivity contribution in [2.75, 3.05) is 25.5 Å². The molecule has 0 saturated carbocycles. The van der Waals surface area contributed by atoms with Crippen LogP contribution in [0.1, 0.15) is 30.0 Å². The molecule has 0 saturated heterocycles. The maximum Gasteiger partial charge on any atom is 0.251 e. The van der Waals surface area contributed by atoms with Crippen LogP contribution in [0, 0.1) is 5.82 Å². The average Bonchev–Trinajstić information content (AvgIpc) is 3.18. The number of hydrogen-bond acceptors (Lipinski definition) is 5. The number of imidazole rings is 1. The first-order chi connectivity index (χ1) is 15.8. The van der Waals surface area contributed by atoms with E-state index < -0.39 is 5.54 Å². The molecule has 0 aliphatic carbocycles. The molecule has 3 aromatic rings. The number of nitrogens with two attached hydrogens (primary N) is 1. The normalized spacial score (nSPS) is 14.5. The van der Waals surface area contributed by atoms with Crippen LogP contribution in [0.15, 0.2) is 48.5 Å². The third kappa shape index (κ3) is 4.07. The van der Waals surface area contributed by atoms with Crippen LogP contribution in [0.2, 0.25) is 0 Å². The monoisotopic (exact) mass is 450 g/mol. The number of amides is 2. The van der Waals surface area contributed by atoms with Crippen molar-refractivity contribution in [2.45, 2.75) is 25.9 Å². The fourth-order valence-corrected chi connectivity index (χ4v) is 4.24. The largest absolute Gasteiger partial charge is 0.355 e. The number of nitrogens with one attached hydrogen (secondary N) is 2. The predicted octanol–water partition coefficient (Wildman–Crippen LogP) is 2.83. The molecule has 8 nitrogen and oxygen atoms in total. The van der Waals surface area contributed by atoms with Crippen molar-refractivity contribution in [3.63, 3.8) is 0 Å². The molecule has 1 aliphatic heterocycles. The van der Waals surface area contributed by atoms with E-state index in [1.807, 2.05) is 24.5 Å². The lowest BCUT2D eigenvalue weighted by Crippen LogP contribution is -2.53. The minimum Gasteiger partial charge on any atom is -0.355 e. The number of fused-ring (bicyclic) bond motifs is 1. The number of halogens is 1. The summed E-state index contributed by atoms with van der Waals surface area (Å²) in [7, 11) is 1.58. The van der Waals surface area contributed by atoms with Crippen molar-refractivity contribution >= 4 is 23.3 Å². The van der Waals surface area contributed by atoms with Crippen molar-refractivity contribution in [1.29, 1.82) is 0 Å². The van der Waals surface area contributed by atoms with Crippen LogP contribution in [-0.4, -0.2) is 46.4 Å². The molecule has 0 spiro atoms. The number of aromatic nitrogens is 2. The number of benzene rings is 2. The molecule has 0 bridgehead atoms. The van der Waals surface area contributed by atoms with Crippen molar-refractivity contribution in [1.82, 2.24) is 19.8 Å². The SMILES string of the molecule is CNC(=O)c1cccc(Nc2c(-c3ccc(F)cc3)nc3n2CCN(C(=O)CN)C3(C)C)c1. The zero-order valence-corrected chi connectivity index (χ0v) is 18.9. The molecule has 33 heavy (non-hydrogen) atoms. The van der Waals surface area contributed by atoms with Crippen LogP contribution < -0.4 is 16.4 Å². The number of carbonyl (C=O) groups excluding carboxylic acids is 2. The third-order valence-electron chi connectivity index (χ3n) is 5.94. The molecule has 1 aliphatic rings. The Kier molecular flexibility index (Phi) is 5.90. The summed E-state index contributed by atoms with van der Waals surface area (Å²) < 4.78 is 15.6. The summed E-state index contributed by atoms with van der Waals surface area (Å²) in [5, 5.41) is 6.03. The van der Waals surface area contributed by atoms with Gasteiger partial charge in [-0.25, -0.2) is 9.37 Å². The first-order valence-electron chi connectivity index (χ1n) is 10.7. The number of hydrogen-bond donors (Lipinski definition) is 3. The highest BCUT2D eigenvalue weighted by Crippen LogP contribution is 2.39. The predicted molar refractivity (Wildman–Crippen MR) is 125 cm³/mol. The van der Waals surface area contributed by atoms with Crippen molar-refractivity contribution in [3.05, 3.63) is 65.7 Å². The Bertz CT molecular complexity index is 1200. The zero-order valence-electron chi connectivity index (χ0n) is 18.9. The van der Waals surface area contributed by atoms with Gasteiger partial charge in [0.05, 0.1) is 12.1 Å². The van der Waals surface area contributed by atoms with Gasteiger partial charge in [-0.3, -0.25) is 9.59 Å². The molecule has 0 atom stereocenters. The van der Waals surface area contributed by atoms with Crippen LogP contribution in [-0.2, 0) is 16.9 Å². The Balaban J connectivity index is 1.84. The second-order valence-electron chi connectivity index (χ2n) is 8.38. The molecular formula is C24H27FN6O2. The minimum absolute atomic E-state index is 0.0770. The smallest absolute Gasteiger partial charge is 0.251 e. The van der Waals surface area contributed by atoms with Crippen LogP contribution in [0.3, 0.4) is 0 Å². The molecule has 1 aromatic heterocycles. The lowest BCUT2D eigenvalue weighted by molar-refractivity contribution is -0.137. The average molecular weight is 451 g/mol. The molecule has 9 heteroatoms. The molecule has 4 rings (SSSR count). The molecule has 0 unspecified atom stereocenters. The fourth-order valence-electron chi connectivity index (χ4n) is 4.24. The number of carbonyl (C=O) groups is 2. The molecule has 0 radical (unpaired) electrons. The summed E-state index contributed by atoms with van der Waals surface area (Å²) in [6, 6.07) is 13.3. The van der Waals surface area contributed by atoms with E-state index in [-0.39, 0.29) is 24.2 Å². The van der Waals surface area contributed by atoms with Gasteiger partial charge in [0.25, 0.3) is 5.91 Å². The Morgan fingerprint density at radius 1 is 1.15 bits per heavy atom. The highest BCUT2D eigenvalue weighted by molar-refractivity contribution is 5.95. The summed E-state index contributed by atoms with van der Waals surface area (Å²) in [6.45, 7) is 4.77. The number of nitrogens with zero attached hydrogens (tertiary/aromatic N) is 3.